The van der Waals surface area contributed by atoms with Crippen molar-refractivity contribution >= 4 is 43.6 Å². The van der Waals surface area contributed by atoms with Gasteiger partial charge in [-0.25, -0.2) is 13.5 Å². The van der Waals surface area contributed by atoms with Crippen molar-refractivity contribution in [2.75, 3.05) is 17.8 Å². The van der Waals surface area contributed by atoms with Gasteiger partial charge in [0.2, 0.25) is 5.28 Å². The van der Waals surface area contributed by atoms with E-state index >= 15 is 4.39 Å². The highest BCUT2D eigenvalue weighted by Crippen LogP contribution is 2.55. The van der Waals surface area contributed by atoms with Crippen LogP contribution in [0.15, 0.2) is 30.5 Å². The van der Waals surface area contributed by atoms with Gasteiger partial charge in [-0.15, -0.1) is 0 Å². The number of aliphatic hydroxyl groups is 1. The molecule has 5 N–H and O–H groups in total. The molecule has 0 aliphatic carbocycles. The van der Waals surface area contributed by atoms with Crippen LogP contribution in [0.5, 0.6) is 0 Å². The van der Waals surface area contributed by atoms with Crippen LogP contribution in [0.4, 0.5) is 14.6 Å². The van der Waals surface area contributed by atoms with Gasteiger partial charge in [0.05, 0.1) is 24.2 Å². The molecule has 1 fully saturated rings. The van der Waals surface area contributed by atoms with Crippen LogP contribution in [0.3, 0.4) is 0 Å². The quantitative estimate of drug-likeness (QED) is 0.183. The fourth-order valence-electron chi connectivity index (χ4n) is 3.76. The number of aromatic nitrogens is 4. The van der Waals surface area contributed by atoms with Gasteiger partial charge in [0.1, 0.15) is 23.8 Å². The molecule has 2 aromatic heterocycles. The largest absolute Gasteiger partial charge is 0.387 e. The first-order chi connectivity index (χ1) is 17.2. The van der Waals surface area contributed by atoms with Crippen LogP contribution >= 0.6 is 26.8 Å². The van der Waals surface area contributed by atoms with Crippen LogP contribution in [0, 0.1) is 5.82 Å². The molecule has 1 aliphatic heterocycles. The number of hydrogen-bond donors (Lipinski definition) is 5. The first kappa shape index (κ1) is 28.0. The Hall–Kier alpha value is -2.06. The molecule has 0 spiro atoms. The van der Waals surface area contributed by atoms with E-state index in [0.29, 0.717) is 10.9 Å². The van der Waals surface area contributed by atoms with E-state index in [1.807, 2.05) is 0 Å². The Labute approximate surface area is 213 Å². The molecule has 3 aromatic rings. The molecular weight excluding hydrogens is 562 g/mol. The number of ether oxygens (including phenoxy) is 1. The maximum absolute atomic E-state index is 15.0. The van der Waals surface area contributed by atoms with Crippen molar-refractivity contribution in [3.05, 3.63) is 47.1 Å². The summed E-state index contributed by atoms with van der Waals surface area (Å²) in [4.78, 5) is 35.6. The van der Waals surface area contributed by atoms with Crippen LogP contribution in [0.2, 0.25) is 5.28 Å². The van der Waals surface area contributed by atoms with Crippen molar-refractivity contribution in [3.8, 4) is 0 Å². The number of aliphatic hydroxyl groups excluding tert-OH is 1. The summed E-state index contributed by atoms with van der Waals surface area (Å²) >= 11 is 6.07. The molecule has 6 atom stereocenters. The maximum atomic E-state index is 15.0. The molecule has 0 radical (unpaired) electrons. The minimum Gasteiger partial charge on any atom is -0.387 e. The zero-order valence-electron chi connectivity index (χ0n) is 18.9. The number of fused-ring (bicyclic) bond motifs is 1. The fourth-order valence-corrected chi connectivity index (χ4v) is 6.50. The minimum absolute atomic E-state index is 0.0321. The number of alkyl halides is 1. The normalized spacial score (nSPS) is 24.8. The highest BCUT2D eigenvalue weighted by atomic mass is 35.5. The van der Waals surface area contributed by atoms with Crippen LogP contribution < -0.4 is 5.32 Å². The van der Waals surface area contributed by atoms with Crippen molar-refractivity contribution < 1.29 is 47.0 Å². The molecule has 3 heterocycles. The van der Waals surface area contributed by atoms with Crippen LogP contribution in [0.25, 0.3) is 11.0 Å². The van der Waals surface area contributed by atoms with Gasteiger partial charge in [0, 0.05) is 0 Å². The summed E-state index contributed by atoms with van der Waals surface area (Å²) in [7, 11) is -9.63. The topological polar surface area (TPSA) is 189 Å². The number of hydrogen-bond acceptors (Lipinski definition) is 9. The molecule has 2 unspecified atom stereocenters. The van der Waals surface area contributed by atoms with Crippen LogP contribution in [0.1, 0.15) is 24.8 Å². The second-order valence-corrected chi connectivity index (χ2v) is 12.7. The Kier molecular flexibility index (Phi) is 8.01. The minimum atomic E-state index is -4.88. The highest BCUT2D eigenvalue weighted by Gasteiger charge is 2.47. The van der Waals surface area contributed by atoms with Crippen molar-refractivity contribution in [2.24, 2.45) is 0 Å². The molecule has 202 valence electrons. The third-order valence-electron chi connectivity index (χ3n) is 5.47. The number of halogens is 3. The van der Waals surface area contributed by atoms with Crippen LogP contribution in [-0.2, 0) is 18.4 Å². The standard InChI is InChI=1S/C19H22ClF2N5O8P2/c1-9(10-3-2-4-11(21)5-10)24-16-12-6-23-27(17(12)26-19(20)25-16)18-14(22)15(28)13(35-18)7-34-37(32,33)8-36(29,30)31/h2-6,9,13-15,18,28H,7-8H2,1H3,(H,32,33)(H,24,25,26)(H2,29,30,31)/t9?,13-,14+,15-,18-/m1/s1. The van der Waals surface area contributed by atoms with Crippen LogP contribution in [-0.4, -0.2) is 70.4 Å². The van der Waals surface area contributed by atoms with Crippen molar-refractivity contribution in [3.63, 3.8) is 0 Å². The predicted molar refractivity (Wildman–Crippen MR) is 126 cm³/mol. The Morgan fingerprint density at radius 2 is 2.03 bits per heavy atom. The third-order valence-corrected chi connectivity index (χ3v) is 9.09. The smallest absolute Gasteiger partial charge is 0.340 e. The van der Waals surface area contributed by atoms with E-state index < -0.39 is 64.2 Å². The van der Waals surface area contributed by atoms with E-state index in [2.05, 4.69) is 24.9 Å². The molecule has 4 rings (SSSR count). The number of anilines is 1. The summed E-state index contributed by atoms with van der Waals surface area (Å²) < 4.78 is 62.6. The van der Waals surface area contributed by atoms with Gasteiger partial charge in [-0.1, -0.05) is 12.1 Å². The van der Waals surface area contributed by atoms with E-state index in [-0.39, 0.29) is 16.7 Å². The first-order valence-electron chi connectivity index (χ1n) is 10.7. The molecule has 0 amide bonds. The summed E-state index contributed by atoms with van der Waals surface area (Å²) in [6.07, 6.45) is -5.64. The van der Waals surface area contributed by atoms with Gasteiger partial charge >= 0.3 is 15.2 Å². The second kappa shape index (κ2) is 10.6. The lowest BCUT2D eigenvalue weighted by molar-refractivity contribution is -0.0472. The zero-order chi connectivity index (χ0) is 27.1. The van der Waals surface area contributed by atoms with Gasteiger partial charge in [0.15, 0.2) is 23.9 Å². The Morgan fingerprint density at radius 1 is 1.30 bits per heavy atom. The molecule has 1 aliphatic rings. The van der Waals surface area contributed by atoms with Gasteiger partial charge < -0.3 is 34.4 Å². The van der Waals surface area contributed by atoms with E-state index in [0.717, 1.165) is 4.68 Å². The van der Waals surface area contributed by atoms with Gasteiger partial charge in [-0.2, -0.15) is 15.1 Å². The average molecular weight is 584 g/mol. The zero-order valence-corrected chi connectivity index (χ0v) is 21.5. The Balaban J connectivity index is 1.55. The van der Waals surface area contributed by atoms with Crippen molar-refractivity contribution in [1.82, 2.24) is 19.7 Å². The fraction of sp³-hybridized carbons (Fsp3) is 0.421. The molecule has 1 aromatic carbocycles. The van der Waals surface area contributed by atoms with Gasteiger partial charge in [0.25, 0.3) is 0 Å². The third kappa shape index (κ3) is 6.51. The maximum Gasteiger partial charge on any atom is 0.340 e. The SMILES string of the molecule is CC(Nc1nc(Cl)nc2c1cnn2[C@@H]1O[C@H](COP(=O)(O)CP(=O)(O)O)[C@@H](O)[C@@H]1F)c1cccc(F)c1. The molecule has 13 nitrogen and oxygen atoms in total. The average Bonchev–Trinajstić information content (AvgIpc) is 3.32. The molecular formula is C19H22ClF2N5O8P2. The molecule has 0 saturated carbocycles. The first-order valence-corrected chi connectivity index (χ1v) is 14.6. The Bertz CT molecular complexity index is 1390. The monoisotopic (exact) mass is 583 g/mol. The lowest BCUT2D eigenvalue weighted by Gasteiger charge is -2.18. The Morgan fingerprint density at radius 3 is 2.70 bits per heavy atom. The molecule has 37 heavy (non-hydrogen) atoms. The summed E-state index contributed by atoms with van der Waals surface area (Å²) in [5, 5.41) is 17.5. The van der Waals surface area contributed by atoms with E-state index in [1.165, 1.54) is 18.3 Å². The lowest BCUT2D eigenvalue weighted by Crippen LogP contribution is -2.31. The lowest BCUT2D eigenvalue weighted by atomic mass is 10.1. The van der Waals surface area contributed by atoms with Gasteiger partial charge in [-0.05, 0) is 36.2 Å². The van der Waals surface area contributed by atoms with Crippen molar-refractivity contribution in [2.45, 2.75) is 37.6 Å². The molecule has 18 heteroatoms. The van der Waals surface area contributed by atoms with Crippen molar-refractivity contribution in [1.29, 1.82) is 0 Å². The van der Waals surface area contributed by atoms with E-state index in [9.17, 15) is 23.5 Å². The number of nitrogens with zero attached hydrogens (tertiary/aromatic N) is 4. The summed E-state index contributed by atoms with van der Waals surface area (Å²) in [6, 6.07) is 5.49. The number of rotatable bonds is 9. The summed E-state index contributed by atoms with van der Waals surface area (Å²) in [5.41, 5.74) is 0.647. The van der Waals surface area contributed by atoms with Gasteiger partial charge in [-0.3, -0.25) is 9.13 Å². The highest BCUT2D eigenvalue weighted by molar-refractivity contribution is 7.70. The molecule has 0 bridgehead atoms. The van der Waals surface area contributed by atoms with E-state index in [1.54, 1.807) is 19.1 Å². The summed E-state index contributed by atoms with van der Waals surface area (Å²) in [5.74, 6) is -1.66. The number of nitrogens with one attached hydrogen (secondary N) is 1. The number of benzene rings is 1. The second-order valence-electron chi connectivity index (χ2n) is 8.33. The molecule has 1 saturated heterocycles. The summed E-state index contributed by atoms with van der Waals surface area (Å²) in [6.45, 7) is 0.921. The van der Waals surface area contributed by atoms with E-state index in [4.69, 9.17) is 26.1 Å². The predicted octanol–water partition coefficient (Wildman–Crippen LogP) is 2.73.